The van der Waals surface area contributed by atoms with Gasteiger partial charge in [-0.2, -0.15) is 0 Å². The highest BCUT2D eigenvalue weighted by Gasteiger charge is 2.37. The van der Waals surface area contributed by atoms with Crippen molar-refractivity contribution in [2.24, 2.45) is 0 Å². The van der Waals surface area contributed by atoms with Gasteiger partial charge in [-0.05, 0) is 18.9 Å². The second kappa shape index (κ2) is 22.9. The summed E-state index contributed by atoms with van der Waals surface area (Å²) in [5, 5.41) is 22.5. The lowest BCUT2D eigenvalue weighted by Gasteiger charge is -2.43. The Labute approximate surface area is 227 Å². The normalized spacial score (nSPS) is 13.7. The van der Waals surface area contributed by atoms with E-state index in [9.17, 15) is 28.0 Å². The standard InChI is InChI=1S/C26H52N2O3.CH4O4S/c1-5-6-7-8-9-10-11-12-13-14-15-16-17-18-19-20-25(30)27-21-22-28(4,23-24-29)26(2,3)31;1-5-6(2,3)4/h19-20,29,31H,5-18,21-24H2,1-4H3;1H3,(H,2,3,4). The maximum Gasteiger partial charge on any atom is 0.243 e. The monoisotopic (exact) mass is 552 g/mol. The quantitative estimate of drug-likeness (QED) is 0.0452. The Morgan fingerprint density at radius 2 is 1.38 bits per heavy atom. The van der Waals surface area contributed by atoms with Crippen LogP contribution < -0.4 is 5.32 Å². The van der Waals surface area contributed by atoms with Crippen LogP contribution in [-0.2, 0) is 19.4 Å². The fraction of sp³-hybridized carbons (Fsp3) is 0.889. The maximum atomic E-state index is 12.0. The molecule has 0 heterocycles. The van der Waals surface area contributed by atoms with Crippen molar-refractivity contribution < 1.29 is 36.6 Å². The van der Waals surface area contributed by atoms with Crippen LogP contribution in [0, 0.1) is 0 Å². The highest BCUT2D eigenvalue weighted by molar-refractivity contribution is 7.80. The summed E-state index contributed by atoms with van der Waals surface area (Å²) < 4.78 is 31.3. The fourth-order valence-corrected chi connectivity index (χ4v) is 3.83. The van der Waals surface area contributed by atoms with Crippen molar-refractivity contribution in [3.05, 3.63) is 12.2 Å². The summed E-state index contributed by atoms with van der Waals surface area (Å²) in [5.41, 5.74) is -0.961. The highest BCUT2D eigenvalue weighted by atomic mass is 32.3. The third-order valence-electron chi connectivity index (χ3n) is 6.77. The number of hydrogen-bond donors (Lipinski definition) is 3. The van der Waals surface area contributed by atoms with Crippen LogP contribution in [0.1, 0.15) is 111 Å². The first-order valence-corrected chi connectivity index (χ1v) is 15.3. The van der Waals surface area contributed by atoms with Gasteiger partial charge >= 0.3 is 0 Å². The zero-order valence-corrected chi connectivity index (χ0v) is 25.0. The van der Waals surface area contributed by atoms with Gasteiger partial charge in [-0.1, -0.05) is 90.0 Å². The Kier molecular flexibility index (Phi) is 23.6. The first-order chi connectivity index (χ1) is 17.3. The summed E-state index contributed by atoms with van der Waals surface area (Å²) in [7, 11) is -1.71. The molecule has 0 saturated carbocycles. The van der Waals surface area contributed by atoms with Gasteiger partial charge < -0.3 is 20.1 Å². The minimum Gasteiger partial charge on any atom is -0.726 e. The Morgan fingerprint density at radius 1 is 0.946 bits per heavy atom. The highest BCUT2D eigenvalue weighted by Crippen LogP contribution is 2.18. The molecule has 0 saturated heterocycles. The molecule has 0 aliphatic carbocycles. The van der Waals surface area contributed by atoms with Crippen LogP contribution in [0.25, 0.3) is 0 Å². The second-order valence-corrected chi connectivity index (χ2v) is 11.5. The molecule has 0 bridgehead atoms. The number of nitrogens with zero attached hydrogens (tertiary/aromatic N) is 1. The minimum atomic E-state index is -4.41. The number of carbonyl (C=O) groups is 1. The van der Waals surface area contributed by atoms with Gasteiger partial charge in [0.1, 0.15) is 6.54 Å². The Balaban J connectivity index is 0. The number of unbranched alkanes of at least 4 members (excludes halogenated alkanes) is 13. The average molecular weight is 553 g/mol. The number of allylic oxidation sites excluding steroid dienone is 1. The molecule has 3 N–H and O–H groups in total. The van der Waals surface area contributed by atoms with Crippen LogP contribution in [0.5, 0.6) is 0 Å². The molecule has 0 aliphatic rings. The van der Waals surface area contributed by atoms with Gasteiger partial charge in [-0.25, -0.2) is 8.42 Å². The molecule has 0 aromatic rings. The molecule has 37 heavy (non-hydrogen) atoms. The first-order valence-electron chi connectivity index (χ1n) is 14.0. The van der Waals surface area contributed by atoms with Crippen molar-refractivity contribution in [1.29, 1.82) is 0 Å². The van der Waals surface area contributed by atoms with Crippen molar-refractivity contribution in [2.75, 3.05) is 40.4 Å². The van der Waals surface area contributed by atoms with Crippen molar-refractivity contribution in [1.82, 2.24) is 5.32 Å². The van der Waals surface area contributed by atoms with Crippen molar-refractivity contribution in [2.45, 2.75) is 116 Å². The van der Waals surface area contributed by atoms with Gasteiger partial charge in [-0.15, -0.1) is 0 Å². The van der Waals surface area contributed by atoms with Crippen LogP contribution in [0.15, 0.2) is 12.2 Å². The zero-order valence-electron chi connectivity index (χ0n) is 24.2. The number of hydrogen-bond acceptors (Lipinski definition) is 7. The lowest BCUT2D eigenvalue weighted by atomic mass is 10.0. The molecule has 0 aromatic carbocycles. The minimum absolute atomic E-state index is 0.00740. The molecule has 9 nitrogen and oxygen atoms in total. The first kappa shape index (κ1) is 38.1. The summed E-state index contributed by atoms with van der Waals surface area (Å²) in [6.45, 7) is 7.25. The Hall–Kier alpha value is -1.04. The number of nitrogens with one attached hydrogen (secondary N) is 1. The molecule has 1 amide bonds. The van der Waals surface area contributed by atoms with E-state index in [1.807, 2.05) is 13.1 Å². The summed E-state index contributed by atoms with van der Waals surface area (Å²) in [6.07, 6.45) is 22.1. The molecular weight excluding hydrogens is 496 g/mol. The van der Waals surface area contributed by atoms with Gasteiger partial charge in [0, 0.05) is 13.8 Å². The van der Waals surface area contributed by atoms with E-state index >= 15 is 0 Å². The number of carbonyl (C=O) groups excluding carboxylic acids is 1. The van der Waals surface area contributed by atoms with E-state index in [4.69, 9.17) is 0 Å². The molecule has 1 atom stereocenters. The maximum absolute atomic E-state index is 12.0. The number of aliphatic hydroxyl groups is 2. The van der Waals surface area contributed by atoms with E-state index < -0.39 is 16.1 Å². The molecule has 0 aliphatic heterocycles. The number of quaternary nitrogens is 1. The number of aliphatic hydroxyl groups excluding tert-OH is 1. The largest absolute Gasteiger partial charge is 0.726 e. The van der Waals surface area contributed by atoms with Gasteiger partial charge in [-0.3, -0.25) is 13.5 Å². The molecule has 10 heteroatoms. The molecule has 0 aromatic heterocycles. The molecule has 222 valence electrons. The predicted molar refractivity (Wildman–Crippen MR) is 148 cm³/mol. The van der Waals surface area contributed by atoms with Crippen molar-refractivity contribution in [3.8, 4) is 0 Å². The van der Waals surface area contributed by atoms with Gasteiger partial charge in [0.2, 0.25) is 16.3 Å². The number of rotatable bonds is 22. The van der Waals surface area contributed by atoms with Crippen LogP contribution in [0.2, 0.25) is 0 Å². The van der Waals surface area contributed by atoms with E-state index in [0.29, 0.717) is 24.1 Å². The predicted octanol–water partition coefficient (Wildman–Crippen LogP) is 4.40. The summed E-state index contributed by atoms with van der Waals surface area (Å²) in [4.78, 5) is 12.0. The SMILES string of the molecule is CCCCCCCCCCCCCCCC=CC(=O)NCC[N+](C)(CCO)C(C)(C)O.COS(=O)(=O)[O-]. The van der Waals surface area contributed by atoms with Crippen molar-refractivity contribution in [3.63, 3.8) is 0 Å². The lowest BCUT2D eigenvalue weighted by Crippen LogP contribution is -2.62. The van der Waals surface area contributed by atoms with Crippen LogP contribution >= 0.6 is 0 Å². The van der Waals surface area contributed by atoms with E-state index in [2.05, 4.69) is 16.4 Å². The summed E-state index contributed by atoms with van der Waals surface area (Å²) in [6, 6.07) is 0. The fourth-order valence-electron chi connectivity index (χ4n) is 3.83. The Morgan fingerprint density at radius 3 is 1.76 bits per heavy atom. The zero-order chi connectivity index (χ0) is 28.6. The van der Waals surface area contributed by atoms with E-state index in [1.54, 1.807) is 19.9 Å². The molecule has 1 unspecified atom stereocenters. The lowest BCUT2D eigenvalue weighted by molar-refractivity contribution is -0.978. The van der Waals surface area contributed by atoms with E-state index in [1.165, 1.54) is 77.0 Å². The molecule has 0 rings (SSSR count). The van der Waals surface area contributed by atoms with Crippen LogP contribution in [0.3, 0.4) is 0 Å². The smallest absolute Gasteiger partial charge is 0.243 e. The third kappa shape index (κ3) is 25.0. The summed E-state index contributed by atoms with van der Waals surface area (Å²) in [5.74, 6) is -0.0824. The molecular formula is C27H56N2O7S. The van der Waals surface area contributed by atoms with Gasteiger partial charge in [0.05, 0.1) is 33.9 Å². The number of amides is 1. The van der Waals surface area contributed by atoms with Gasteiger partial charge in [0.25, 0.3) is 0 Å². The molecule has 0 fully saturated rings. The molecule has 0 radical (unpaired) electrons. The molecule has 0 spiro atoms. The van der Waals surface area contributed by atoms with Crippen LogP contribution in [-0.4, -0.2) is 79.7 Å². The van der Waals surface area contributed by atoms with Gasteiger partial charge in [0.15, 0.2) is 5.72 Å². The third-order valence-corrected chi connectivity index (χ3v) is 7.18. The van der Waals surface area contributed by atoms with Crippen LogP contribution in [0.4, 0.5) is 0 Å². The second-order valence-electron chi connectivity index (χ2n) is 10.4. The summed E-state index contributed by atoms with van der Waals surface area (Å²) >= 11 is 0. The number of likely N-dealkylation sites (N-methyl/N-ethyl adjacent to an activating group) is 1. The topological polar surface area (TPSA) is 136 Å². The van der Waals surface area contributed by atoms with Crippen molar-refractivity contribution >= 4 is 16.3 Å². The average Bonchev–Trinajstić information content (AvgIpc) is 2.81. The van der Waals surface area contributed by atoms with E-state index in [-0.39, 0.29) is 12.5 Å². The Bertz CT molecular complexity index is 679. The van der Waals surface area contributed by atoms with E-state index in [0.717, 1.165) is 20.0 Å².